The van der Waals surface area contributed by atoms with Crippen LogP contribution in [0.4, 0.5) is 8.78 Å². The molecule has 0 atom stereocenters. The number of rotatable bonds is 3. The van der Waals surface area contributed by atoms with E-state index in [1.54, 1.807) is 25.2 Å². The summed E-state index contributed by atoms with van der Waals surface area (Å²) in [6, 6.07) is 0. The lowest BCUT2D eigenvalue weighted by molar-refractivity contribution is 0.100. The Morgan fingerprint density at radius 1 is 1.29 bits per heavy atom. The molecule has 0 bridgehead atoms. The summed E-state index contributed by atoms with van der Waals surface area (Å²) in [5.74, 6) is -3.09. The molecule has 0 aliphatic heterocycles. The fraction of sp³-hybridized carbons (Fsp3) is 0.143. The minimum Gasteiger partial charge on any atom is -0.196 e. The van der Waals surface area contributed by atoms with Crippen molar-refractivity contribution in [3.05, 3.63) is 71.4 Å². The van der Waals surface area contributed by atoms with Crippen LogP contribution in [0.1, 0.15) is 6.92 Å². The SMILES string of the molecule is C=CC1=CC=CC=C(Cl)C(C(F)(F)/C=C/C)=C1. The lowest BCUT2D eigenvalue weighted by atomic mass is 10.0. The van der Waals surface area contributed by atoms with Crippen LogP contribution in [0.25, 0.3) is 0 Å². The summed E-state index contributed by atoms with van der Waals surface area (Å²) in [4.78, 5) is 0. The van der Waals surface area contributed by atoms with E-state index < -0.39 is 5.92 Å². The fourth-order valence-electron chi connectivity index (χ4n) is 1.36. The maximum absolute atomic E-state index is 13.8. The molecule has 0 aromatic heterocycles. The van der Waals surface area contributed by atoms with Crippen LogP contribution in [0.2, 0.25) is 0 Å². The second-order valence-corrected chi connectivity index (χ2v) is 3.86. The van der Waals surface area contributed by atoms with Gasteiger partial charge in [0.25, 0.3) is 5.92 Å². The van der Waals surface area contributed by atoms with Gasteiger partial charge in [-0.2, -0.15) is 8.78 Å². The second kappa shape index (κ2) is 5.78. The van der Waals surface area contributed by atoms with E-state index in [4.69, 9.17) is 11.6 Å². The molecule has 0 N–H and O–H groups in total. The zero-order valence-electron chi connectivity index (χ0n) is 9.46. The van der Waals surface area contributed by atoms with Crippen molar-refractivity contribution in [1.82, 2.24) is 0 Å². The summed E-state index contributed by atoms with van der Waals surface area (Å²) in [6.07, 6.45) is 11.4. The van der Waals surface area contributed by atoms with Crippen LogP contribution < -0.4 is 0 Å². The summed E-state index contributed by atoms with van der Waals surface area (Å²) >= 11 is 5.87. The van der Waals surface area contributed by atoms with Crippen LogP contribution in [0.15, 0.2) is 71.4 Å². The fourth-order valence-corrected chi connectivity index (χ4v) is 1.61. The van der Waals surface area contributed by atoms with Crippen molar-refractivity contribution in [1.29, 1.82) is 0 Å². The van der Waals surface area contributed by atoms with E-state index in [0.29, 0.717) is 5.57 Å². The van der Waals surface area contributed by atoms with Crippen molar-refractivity contribution in [3.8, 4) is 0 Å². The predicted molar refractivity (Wildman–Crippen MR) is 69.2 cm³/mol. The summed E-state index contributed by atoms with van der Waals surface area (Å²) < 4.78 is 27.6. The molecule has 0 spiro atoms. The highest BCUT2D eigenvalue weighted by Crippen LogP contribution is 2.34. The van der Waals surface area contributed by atoms with Crippen molar-refractivity contribution < 1.29 is 8.78 Å². The molecule has 0 fully saturated rings. The quantitative estimate of drug-likeness (QED) is 0.627. The second-order valence-electron chi connectivity index (χ2n) is 3.45. The maximum atomic E-state index is 13.8. The Morgan fingerprint density at radius 2 is 1.94 bits per heavy atom. The Labute approximate surface area is 105 Å². The Morgan fingerprint density at radius 3 is 2.53 bits per heavy atom. The topological polar surface area (TPSA) is 0 Å². The third-order valence-corrected chi connectivity index (χ3v) is 2.51. The molecule has 0 nitrogen and oxygen atoms in total. The molecule has 0 aromatic carbocycles. The molecule has 0 aromatic rings. The van der Waals surface area contributed by atoms with E-state index in [1.165, 1.54) is 24.3 Å². The number of hydrogen-bond donors (Lipinski definition) is 0. The molecule has 0 radical (unpaired) electrons. The number of allylic oxidation sites excluding steroid dienone is 11. The smallest absolute Gasteiger partial charge is 0.196 e. The highest BCUT2D eigenvalue weighted by atomic mass is 35.5. The van der Waals surface area contributed by atoms with Crippen molar-refractivity contribution in [2.75, 3.05) is 0 Å². The first-order valence-electron chi connectivity index (χ1n) is 5.12. The third-order valence-electron chi connectivity index (χ3n) is 2.18. The molecule has 1 aliphatic carbocycles. The number of alkyl halides is 2. The van der Waals surface area contributed by atoms with E-state index >= 15 is 0 Å². The van der Waals surface area contributed by atoms with Gasteiger partial charge in [0.05, 0.1) is 5.03 Å². The Hall–Kier alpha value is -1.41. The van der Waals surface area contributed by atoms with E-state index in [0.717, 1.165) is 6.08 Å². The van der Waals surface area contributed by atoms with Gasteiger partial charge in [-0.05, 0) is 30.7 Å². The van der Waals surface area contributed by atoms with Gasteiger partial charge in [-0.15, -0.1) is 0 Å². The minimum absolute atomic E-state index is 0.0248. The van der Waals surface area contributed by atoms with Crippen LogP contribution in [0, 0.1) is 0 Å². The monoisotopic (exact) mass is 254 g/mol. The Balaban J connectivity index is 3.30. The van der Waals surface area contributed by atoms with Crippen LogP contribution in [0.5, 0.6) is 0 Å². The molecule has 0 unspecified atom stereocenters. The first kappa shape index (κ1) is 13.7. The lowest BCUT2D eigenvalue weighted by Gasteiger charge is -2.16. The average molecular weight is 255 g/mol. The van der Waals surface area contributed by atoms with Gasteiger partial charge in [0.2, 0.25) is 0 Å². The van der Waals surface area contributed by atoms with Crippen LogP contribution in [-0.2, 0) is 0 Å². The molecule has 3 heteroatoms. The van der Waals surface area contributed by atoms with Crippen molar-refractivity contribution in [2.24, 2.45) is 0 Å². The van der Waals surface area contributed by atoms with Crippen molar-refractivity contribution >= 4 is 11.6 Å². The van der Waals surface area contributed by atoms with Gasteiger partial charge in [-0.3, -0.25) is 0 Å². The largest absolute Gasteiger partial charge is 0.293 e. The summed E-state index contributed by atoms with van der Waals surface area (Å²) in [5, 5.41) is 0.0248. The molecule has 1 aliphatic rings. The van der Waals surface area contributed by atoms with Crippen LogP contribution >= 0.6 is 11.6 Å². The van der Waals surface area contributed by atoms with Gasteiger partial charge in [-0.25, -0.2) is 0 Å². The molecule has 0 amide bonds. The molecular weight excluding hydrogens is 242 g/mol. The zero-order chi connectivity index (χ0) is 12.9. The Bertz CT molecular complexity index is 449. The Kier molecular flexibility index (Phi) is 4.64. The van der Waals surface area contributed by atoms with Gasteiger partial charge in [0.15, 0.2) is 0 Å². The zero-order valence-corrected chi connectivity index (χ0v) is 10.2. The van der Waals surface area contributed by atoms with Gasteiger partial charge in [0.1, 0.15) is 0 Å². The highest BCUT2D eigenvalue weighted by molar-refractivity contribution is 6.32. The molecule has 17 heavy (non-hydrogen) atoms. The summed E-state index contributed by atoms with van der Waals surface area (Å²) in [7, 11) is 0. The molecule has 1 rings (SSSR count). The van der Waals surface area contributed by atoms with Gasteiger partial charge < -0.3 is 0 Å². The predicted octanol–water partition coefficient (Wildman–Crippen LogP) is 4.93. The first-order valence-corrected chi connectivity index (χ1v) is 5.50. The highest BCUT2D eigenvalue weighted by Gasteiger charge is 2.32. The summed E-state index contributed by atoms with van der Waals surface area (Å²) in [6.45, 7) is 5.11. The van der Waals surface area contributed by atoms with E-state index in [1.807, 2.05) is 0 Å². The van der Waals surface area contributed by atoms with Crippen molar-refractivity contribution in [2.45, 2.75) is 12.8 Å². The van der Waals surface area contributed by atoms with Crippen LogP contribution in [0.3, 0.4) is 0 Å². The first-order chi connectivity index (χ1) is 8.01. The molecule has 0 heterocycles. The van der Waals surface area contributed by atoms with Gasteiger partial charge in [0, 0.05) is 5.57 Å². The van der Waals surface area contributed by atoms with Gasteiger partial charge >= 0.3 is 0 Å². The standard InChI is InChI=1S/C14H13ClF2/c1-3-9-14(16,17)12-10-11(4-2)7-5-6-8-13(12)15/h3-10H,2H2,1H3/b6-5?,7-5?,8-6?,9-3+,11-7?,11-10?,12-10?,13-8?,13-12?. The number of hydrogen-bond acceptors (Lipinski definition) is 0. The average Bonchev–Trinajstić information content (AvgIpc) is 2.24. The number of halogens is 3. The van der Waals surface area contributed by atoms with Crippen molar-refractivity contribution in [3.63, 3.8) is 0 Å². The molecular formula is C14H13ClF2. The molecule has 0 saturated heterocycles. The van der Waals surface area contributed by atoms with E-state index in [-0.39, 0.29) is 10.6 Å². The van der Waals surface area contributed by atoms with E-state index in [9.17, 15) is 8.78 Å². The minimum atomic E-state index is -3.09. The van der Waals surface area contributed by atoms with Gasteiger partial charge in [-0.1, -0.05) is 48.6 Å². The molecule has 90 valence electrons. The normalized spacial score (nSPS) is 17.1. The maximum Gasteiger partial charge on any atom is 0.293 e. The third kappa shape index (κ3) is 3.53. The lowest BCUT2D eigenvalue weighted by Crippen LogP contribution is -2.16. The molecule has 0 saturated carbocycles. The van der Waals surface area contributed by atoms with Crippen LogP contribution in [-0.4, -0.2) is 5.92 Å². The summed E-state index contributed by atoms with van der Waals surface area (Å²) in [5.41, 5.74) is 0.361. The van der Waals surface area contributed by atoms with E-state index in [2.05, 4.69) is 6.58 Å².